The third-order valence-corrected chi connectivity index (χ3v) is 2.61. The van der Waals surface area contributed by atoms with Gasteiger partial charge in [-0.3, -0.25) is 0 Å². The molecule has 0 aliphatic rings. The maximum Gasteiger partial charge on any atom is 0.207 e. The smallest absolute Gasteiger partial charge is 0.207 e. The zero-order valence-corrected chi connectivity index (χ0v) is 8.24. The molecule has 6 heteroatoms. The summed E-state index contributed by atoms with van der Waals surface area (Å²) in [7, 11) is 0. The molecule has 0 N–H and O–H groups in total. The molecular formula is C8H3ClF2N2S. The quantitative estimate of drug-likeness (QED) is 0.755. The Balaban J connectivity index is 2.55. The largest absolute Gasteiger partial charge is 0.207 e. The predicted octanol–water partition coefficient (Wildman–Crippen LogP) is 3.14. The Labute approximate surface area is 87.2 Å². The van der Waals surface area contributed by atoms with Crippen molar-refractivity contribution in [3.8, 4) is 10.6 Å². The number of rotatable bonds is 1. The number of halogens is 3. The Bertz CT molecular complexity index is 472. The molecule has 1 aromatic heterocycles. The molecule has 0 aliphatic carbocycles. The van der Waals surface area contributed by atoms with E-state index in [1.165, 1.54) is 0 Å². The standard InChI is InChI=1S/C8H3ClF2N2S/c9-8-13-12-7(14-8)5-3-4(10)1-2-6(5)11/h1-3H. The van der Waals surface area contributed by atoms with E-state index >= 15 is 0 Å². The molecule has 2 rings (SSSR count). The minimum atomic E-state index is -0.542. The Morgan fingerprint density at radius 2 is 2.00 bits per heavy atom. The Kier molecular flexibility index (Phi) is 2.43. The van der Waals surface area contributed by atoms with E-state index in [-0.39, 0.29) is 15.0 Å². The van der Waals surface area contributed by atoms with Crippen LogP contribution in [0.5, 0.6) is 0 Å². The lowest BCUT2D eigenvalue weighted by Gasteiger charge is -1.97. The first-order valence-corrected chi connectivity index (χ1v) is 4.80. The van der Waals surface area contributed by atoms with Gasteiger partial charge in [0.15, 0.2) is 5.01 Å². The number of nitrogens with zero attached hydrogens (tertiary/aromatic N) is 2. The minimum Gasteiger partial charge on any atom is -0.207 e. The summed E-state index contributed by atoms with van der Waals surface area (Å²) in [5, 5.41) is 7.40. The first kappa shape index (κ1) is 9.48. The van der Waals surface area contributed by atoms with Crippen LogP contribution in [0.1, 0.15) is 0 Å². The van der Waals surface area contributed by atoms with Gasteiger partial charge in [0.2, 0.25) is 4.47 Å². The van der Waals surface area contributed by atoms with Crippen molar-refractivity contribution in [3.05, 3.63) is 34.3 Å². The molecule has 1 heterocycles. The molecule has 0 bridgehead atoms. The third-order valence-electron chi connectivity index (χ3n) is 1.56. The number of benzene rings is 1. The van der Waals surface area contributed by atoms with Crippen molar-refractivity contribution in [3.63, 3.8) is 0 Å². The summed E-state index contributed by atoms with van der Waals surface area (Å²) in [6.45, 7) is 0. The fourth-order valence-electron chi connectivity index (χ4n) is 0.976. The number of hydrogen-bond donors (Lipinski definition) is 0. The molecule has 2 aromatic rings. The molecule has 14 heavy (non-hydrogen) atoms. The summed E-state index contributed by atoms with van der Waals surface area (Å²) in [6, 6.07) is 3.15. The molecule has 0 aliphatic heterocycles. The fourth-order valence-corrected chi connectivity index (χ4v) is 1.82. The lowest BCUT2D eigenvalue weighted by molar-refractivity contribution is 0.603. The molecule has 0 saturated heterocycles. The molecule has 0 unspecified atom stereocenters. The first-order chi connectivity index (χ1) is 6.66. The van der Waals surface area contributed by atoms with Crippen LogP contribution in [0.3, 0.4) is 0 Å². The molecular weight excluding hydrogens is 230 g/mol. The van der Waals surface area contributed by atoms with Crippen molar-refractivity contribution in [2.75, 3.05) is 0 Å². The van der Waals surface area contributed by atoms with Crippen molar-refractivity contribution < 1.29 is 8.78 Å². The van der Waals surface area contributed by atoms with Crippen molar-refractivity contribution in [1.29, 1.82) is 0 Å². The van der Waals surface area contributed by atoms with Crippen LogP contribution >= 0.6 is 22.9 Å². The number of hydrogen-bond acceptors (Lipinski definition) is 3. The lowest BCUT2D eigenvalue weighted by atomic mass is 10.2. The van der Waals surface area contributed by atoms with Crippen LogP contribution < -0.4 is 0 Å². The van der Waals surface area contributed by atoms with Crippen LogP contribution in [0, 0.1) is 11.6 Å². The van der Waals surface area contributed by atoms with Crippen LogP contribution in [0.15, 0.2) is 18.2 Å². The van der Waals surface area contributed by atoms with Crippen LogP contribution in [0.4, 0.5) is 8.78 Å². The second-order valence-corrected chi connectivity index (χ2v) is 4.04. The van der Waals surface area contributed by atoms with E-state index in [9.17, 15) is 8.78 Å². The van der Waals surface area contributed by atoms with Gasteiger partial charge < -0.3 is 0 Å². The highest BCUT2D eigenvalue weighted by molar-refractivity contribution is 7.18. The molecule has 0 radical (unpaired) electrons. The van der Waals surface area contributed by atoms with E-state index < -0.39 is 11.6 Å². The second kappa shape index (κ2) is 3.59. The van der Waals surface area contributed by atoms with Crippen LogP contribution in [0.25, 0.3) is 10.6 Å². The van der Waals surface area contributed by atoms with Gasteiger partial charge >= 0.3 is 0 Å². The average Bonchev–Trinajstić information content (AvgIpc) is 2.56. The van der Waals surface area contributed by atoms with Gasteiger partial charge in [-0.2, -0.15) is 0 Å². The predicted molar refractivity (Wildman–Crippen MR) is 50.3 cm³/mol. The monoisotopic (exact) mass is 232 g/mol. The summed E-state index contributed by atoms with van der Waals surface area (Å²) in [5.41, 5.74) is 0.0781. The van der Waals surface area contributed by atoms with Crippen molar-refractivity contribution >= 4 is 22.9 Å². The zero-order chi connectivity index (χ0) is 10.1. The fraction of sp³-hybridized carbons (Fsp3) is 0. The van der Waals surface area contributed by atoms with E-state index in [0.717, 1.165) is 29.5 Å². The highest BCUT2D eigenvalue weighted by Crippen LogP contribution is 2.28. The highest BCUT2D eigenvalue weighted by Gasteiger charge is 2.11. The van der Waals surface area contributed by atoms with Crippen molar-refractivity contribution in [2.24, 2.45) is 0 Å². The van der Waals surface area contributed by atoms with E-state index in [1.807, 2.05) is 0 Å². The summed E-state index contributed by atoms with van der Waals surface area (Å²) < 4.78 is 26.2. The van der Waals surface area contributed by atoms with Gasteiger partial charge in [-0.05, 0) is 29.8 Å². The van der Waals surface area contributed by atoms with Crippen molar-refractivity contribution in [1.82, 2.24) is 10.2 Å². The third kappa shape index (κ3) is 1.73. The summed E-state index contributed by atoms with van der Waals surface area (Å²) >= 11 is 6.53. The van der Waals surface area contributed by atoms with Gasteiger partial charge in [0.1, 0.15) is 11.6 Å². The molecule has 2 nitrogen and oxygen atoms in total. The molecule has 0 spiro atoms. The van der Waals surface area contributed by atoms with Gasteiger partial charge in [0.05, 0.1) is 5.56 Å². The van der Waals surface area contributed by atoms with Gasteiger partial charge in [0, 0.05) is 0 Å². The van der Waals surface area contributed by atoms with Gasteiger partial charge in [-0.15, -0.1) is 10.2 Å². The number of aromatic nitrogens is 2. The maximum atomic E-state index is 13.2. The van der Waals surface area contributed by atoms with Crippen molar-refractivity contribution in [2.45, 2.75) is 0 Å². The average molecular weight is 233 g/mol. The second-order valence-electron chi connectivity index (χ2n) is 2.48. The minimum absolute atomic E-state index is 0.0781. The lowest BCUT2D eigenvalue weighted by Crippen LogP contribution is -1.85. The van der Waals surface area contributed by atoms with Crippen LogP contribution in [-0.4, -0.2) is 10.2 Å². The SMILES string of the molecule is Fc1ccc(F)c(-c2nnc(Cl)s2)c1. The first-order valence-electron chi connectivity index (χ1n) is 3.61. The Hall–Kier alpha value is -1.07. The highest BCUT2D eigenvalue weighted by atomic mass is 35.5. The zero-order valence-electron chi connectivity index (χ0n) is 6.67. The molecule has 1 aromatic carbocycles. The van der Waals surface area contributed by atoms with Gasteiger partial charge in [-0.25, -0.2) is 8.78 Å². The Morgan fingerprint density at radius 1 is 1.21 bits per heavy atom. The van der Waals surface area contributed by atoms with E-state index in [2.05, 4.69) is 10.2 Å². The molecule has 0 amide bonds. The molecule has 72 valence electrons. The van der Waals surface area contributed by atoms with E-state index in [1.54, 1.807) is 0 Å². The topological polar surface area (TPSA) is 25.8 Å². The normalized spacial score (nSPS) is 10.5. The molecule has 0 atom stereocenters. The molecule has 0 saturated carbocycles. The summed E-state index contributed by atoms with van der Waals surface area (Å²) in [5.74, 6) is -1.06. The maximum absolute atomic E-state index is 13.2. The van der Waals surface area contributed by atoms with E-state index in [4.69, 9.17) is 11.6 Å². The van der Waals surface area contributed by atoms with Crippen LogP contribution in [-0.2, 0) is 0 Å². The van der Waals surface area contributed by atoms with Gasteiger partial charge in [0.25, 0.3) is 0 Å². The van der Waals surface area contributed by atoms with Gasteiger partial charge in [-0.1, -0.05) is 11.3 Å². The van der Waals surface area contributed by atoms with Crippen LogP contribution in [0.2, 0.25) is 4.47 Å². The summed E-state index contributed by atoms with van der Waals surface area (Å²) in [6.07, 6.45) is 0. The Morgan fingerprint density at radius 3 is 2.64 bits per heavy atom. The molecule has 0 fully saturated rings. The van der Waals surface area contributed by atoms with E-state index in [0.29, 0.717) is 0 Å². The summed E-state index contributed by atoms with van der Waals surface area (Å²) in [4.78, 5) is 0.